The highest BCUT2D eigenvalue weighted by Gasteiger charge is 2.36. The number of Topliss-reactive ketones (excluding diaryl/α,β-unsaturated/α-hetero) is 2. The van der Waals surface area contributed by atoms with Crippen molar-refractivity contribution in [3.8, 4) is 0 Å². The van der Waals surface area contributed by atoms with Gasteiger partial charge in [-0.3, -0.25) is 9.59 Å². The van der Waals surface area contributed by atoms with Gasteiger partial charge in [-0.25, -0.2) is 0 Å². The molecule has 0 amide bonds. The molecule has 0 spiro atoms. The number of anilines is 1. The maximum atomic E-state index is 12.8. The van der Waals surface area contributed by atoms with Gasteiger partial charge in [-0.1, -0.05) is 47.8 Å². The van der Waals surface area contributed by atoms with Crippen molar-refractivity contribution in [2.45, 2.75) is 6.42 Å². The van der Waals surface area contributed by atoms with Crippen molar-refractivity contribution < 1.29 is 9.59 Å². The molecule has 0 bridgehead atoms. The molecule has 0 aromatic heterocycles. The second-order valence-corrected chi connectivity index (χ2v) is 9.08. The Bertz CT molecular complexity index is 915. The van der Waals surface area contributed by atoms with Gasteiger partial charge >= 0.3 is 0 Å². The molecule has 0 radical (unpaired) electrons. The van der Waals surface area contributed by atoms with E-state index in [4.69, 9.17) is 0 Å². The van der Waals surface area contributed by atoms with Crippen molar-refractivity contribution >= 4 is 81.0 Å². The Morgan fingerprint density at radius 2 is 1.42 bits per heavy atom. The van der Waals surface area contributed by atoms with E-state index in [9.17, 15) is 9.59 Å². The minimum Gasteiger partial charge on any atom is -0.350 e. The fourth-order valence-electron chi connectivity index (χ4n) is 3.02. The van der Waals surface area contributed by atoms with E-state index >= 15 is 0 Å². The number of hydrogen-bond acceptors (Lipinski definition) is 3. The molecule has 3 nitrogen and oxygen atoms in total. The van der Waals surface area contributed by atoms with Crippen LogP contribution in [-0.4, -0.2) is 11.6 Å². The van der Waals surface area contributed by atoms with Gasteiger partial charge in [0.1, 0.15) is 0 Å². The maximum Gasteiger partial charge on any atom is 0.211 e. The zero-order valence-corrected chi connectivity index (χ0v) is 18.2. The zero-order chi connectivity index (χ0) is 17.2. The lowest BCUT2D eigenvalue weighted by atomic mass is 10.1. The number of fused-ring (bicyclic) bond motifs is 2. The Morgan fingerprint density at radius 1 is 0.792 bits per heavy atom. The molecule has 120 valence electrons. The largest absolute Gasteiger partial charge is 0.350 e. The van der Waals surface area contributed by atoms with Crippen LogP contribution >= 0.6 is 63.7 Å². The molecule has 7 heteroatoms. The molecule has 2 aliphatic rings. The van der Waals surface area contributed by atoms with Crippen LogP contribution in [0.5, 0.6) is 0 Å². The van der Waals surface area contributed by atoms with E-state index in [0.29, 0.717) is 34.5 Å². The number of allylic oxidation sites excluding steroid dienone is 2. The Labute approximate surface area is 171 Å². The van der Waals surface area contributed by atoms with Gasteiger partial charge in [0, 0.05) is 41.0 Å². The number of rotatable bonds is 0. The minimum absolute atomic E-state index is 0.106. The van der Waals surface area contributed by atoms with Crippen molar-refractivity contribution in [1.82, 2.24) is 0 Å². The van der Waals surface area contributed by atoms with Crippen LogP contribution in [0.3, 0.4) is 0 Å². The molecule has 0 unspecified atom stereocenters. The molecule has 1 heterocycles. The quantitative estimate of drug-likeness (QED) is 0.389. The number of carbonyl (C=O) groups excluding carboxylic acids is 2. The predicted octanol–water partition coefficient (Wildman–Crippen LogP) is 6.04. The summed E-state index contributed by atoms with van der Waals surface area (Å²) in [6, 6.07) is 7.34. The lowest BCUT2D eigenvalue weighted by molar-refractivity contribution is 0.101. The summed E-state index contributed by atoms with van der Waals surface area (Å²) in [5.41, 5.74) is 3.68. The topological polar surface area (TPSA) is 46.2 Å². The molecule has 24 heavy (non-hydrogen) atoms. The average Bonchev–Trinajstić information content (AvgIpc) is 2.99. The summed E-state index contributed by atoms with van der Waals surface area (Å²) in [6.07, 6.45) is 0.433. The number of halogens is 4. The maximum absolute atomic E-state index is 12.8. The lowest BCUT2D eigenvalue weighted by Crippen LogP contribution is -2.09. The van der Waals surface area contributed by atoms with Crippen LogP contribution in [-0.2, 0) is 6.42 Å². The normalized spacial score (nSPS) is 18.7. The Morgan fingerprint density at radius 3 is 2.12 bits per heavy atom. The van der Waals surface area contributed by atoms with Gasteiger partial charge in [-0.05, 0) is 45.8 Å². The smallest absolute Gasteiger partial charge is 0.211 e. The van der Waals surface area contributed by atoms with Crippen molar-refractivity contribution in [3.05, 3.63) is 70.1 Å². The van der Waals surface area contributed by atoms with E-state index < -0.39 is 0 Å². The Balaban J connectivity index is 1.86. The van der Waals surface area contributed by atoms with Gasteiger partial charge in [-0.15, -0.1) is 0 Å². The summed E-state index contributed by atoms with van der Waals surface area (Å²) in [5, 5.41) is 3.14. The Kier molecular flexibility index (Phi) is 4.10. The van der Waals surface area contributed by atoms with E-state index in [1.165, 1.54) is 0 Å². The minimum atomic E-state index is -0.154. The predicted molar refractivity (Wildman–Crippen MR) is 107 cm³/mol. The molecular weight excluding hydrogens is 570 g/mol. The molecule has 2 aromatic rings. The van der Waals surface area contributed by atoms with Crippen molar-refractivity contribution in [2.75, 3.05) is 5.32 Å². The first kappa shape index (κ1) is 16.7. The van der Waals surface area contributed by atoms with E-state index in [0.717, 1.165) is 23.5 Å². The number of nitrogens with one attached hydrogen (secondary N) is 1. The fourth-order valence-corrected chi connectivity index (χ4v) is 5.71. The van der Waals surface area contributed by atoms with Crippen molar-refractivity contribution in [2.24, 2.45) is 0 Å². The molecule has 0 saturated carbocycles. The summed E-state index contributed by atoms with van der Waals surface area (Å²) >= 11 is 13.8. The fraction of sp³-hybridized carbons (Fsp3) is 0.0588. The van der Waals surface area contributed by atoms with Crippen molar-refractivity contribution in [1.29, 1.82) is 0 Å². The highest BCUT2D eigenvalue weighted by Crippen LogP contribution is 2.42. The van der Waals surface area contributed by atoms with Crippen LogP contribution in [0.1, 0.15) is 26.3 Å². The Hall–Kier alpha value is -0.760. The van der Waals surface area contributed by atoms with Crippen LogP contribution in [0.2, 0.25) is 0 Å². The molecule has 2 aromatic carbocycles. The van der Waals surface area contributed by atoms with E-state index in [1.54, 1.807) is 12.1 Å². The third-order valence-electron chi connectivity index (χ3n) is 4.11. The number of benzene rings is 2. The summed E-state index contributed by atoms with van der Waals surface area (Å²) in [4.78, 5) is 25.6. The second kappa shape index (κ2) is 5.90. The van der Waals surface area contributed by atoms with Gasteiger partial charge in [0.25, 0.3) is 0 Å². The molecule has 0 atom stereocenters. The summed E-state index contributed by atoms with van der Waals surface area (Å²) in [5.74, 6) is -0.260. The standard InChI is InChI=1S/C17H7Br4NO2/c18-6-1-9-8(12(20)3-6)5-11(16(9)23)15-17(24)10-2-7(19)4-13(21)14(10)22-15/h1-4,22H,5H2/b15-11-. The second-order valence-electron chi connectivity index (χ2n) is 5.54. The number of ketones is 2. The number of hydrogen-bond donors (Lipinski definition) is 1. The molecule has 4 rings (SSSR count). The van der Waals surface area contributed by atoms with Gasteiger partial charge < -0.3 is 5.32 Å². The van der Waals surface area contributed by atoms with Crippen LogP contribution in [0.4, 0.5) is 5.69 Å². The van der Waals surface area contributed by atoms with Crippen molar-refractivity contribution in [3.63, 3.8) is 0 Å². The van der Waals surface area contributed by atoms with Gasteiger partial charge in [0.2, 0.25) is 5.78 Å². The van der Waals surface area contributed by atoms with Gasteiger partial charge in [0.15, 0.2) is 5.78 Å². The third-order valence-corrected chi connectivity index (χ3v) is 6.36. The first-order chi connectivity index (χ1) is 11.4. The molecule has 1 aliphatic heterocycles. The van der Waals surface area contributed by atoms with Gasteiger partial charge in [0.05, 0.1) is 11.4 Å². The SMILES string of the molecule is O=C1/C(=C2\Nc3c(Br)cc(Br)cc3C2=O)Cc2c(Br)cc(Br)cc21. The summed E-state index contributed by atoms with van der Waals surface area (Å²) < 4.78 is 3.28. The third kappa shape index (κ3) is 2.48. The number of carbonyl (C=O) groups is 2. The molecule has 1 N–H and O–H groups in total. The first-order valence-electron chi connectivity index (χ1n) is 6.93. The van der Waals surface area contributed by atoms with Crippen LogP contribution in [0.25, 0.3) is 0 Å². The van der Waals surface area contributed by atoms with Gasteiger partial charge in [-0.2, -0.15) is 0 Å². The highest BCUT2D eigenvalue weighted by molar-refractivity contribution is 9.11. The average molecular weight is 577 g/mol. The molecule has 0 fully saturated rings. The van der Waals surface area contributed by atoms with Crippen LogP contribution in [0, 0.1) is 0 Å². The van der Waals surface area contributed by atoms with Crippen LogP contribution in [0.15, 0.2) is 53.4 Å². The lowest BCUT2D eigenvalue weighted by Gasteiger charge is -2.04. The van der Waals surface area contributed by atoms with Crippen LogP contribution < -0.4 is 5.32 Å². The molecule has 0 saturated heterocycles. The van der Waals surface area contributed by atoms with E-state index in [-0.39, 0.29) is 11.6 Å². The van der Waals surface area contributed by atoms with E-state index in [2.05, 4.69) is 69.0 Å². The monoisotopic (exact) mass is 573 g/mol. The highest BCUT2D eigenvalue weighted by atomic mass is 79.9. The van der Waals surface area contributed by atoms with E-state index in [1.807, 2.05) is 12.1 Å². The molecular formula is C17H7Br4NO2. The zero-order valence-electron chi connectivity index (χ0n) is 11.8. The summed E-state index contributed by atoms with van der Waals surface area (Å²) in [6.45, 7) is 0. The first-order valence-corrected chi connectivity index (χ1v) is 10.1. The summed E-state index contributed by atoms with van der Waals surface area (Å²) in [7, 11) is 0. The molecule has 1 aliphatic carbocycles.